The van der Waals surface area contributed by atoms with E-state index in [1.165, 1.54) is 12.8 Å². The maximum absolute atomic E-state index is 12.2. The normalized spacial score (nSPS) is 14.2. The number of benzene rings is 1. The third kappa shape index (κ3) is 5.38. The second kappa shape index (κ2) is 8.03. The lowest BCUT2D eigenvalue weighted by Gasteiger charge is -2.21. The summed E-state index contributed by atoms with van der Waals surface area (Å²) >= 11 is 0. The molecule has 0 bridgehead atoms. The molecule has 1 N–H and O–H groups in total. The average Bonchev–Trinajstić information content (AvgIpc) is 3.25. The van der Waals surface area contributed by atoms with Gasteiger partial charge in [-0.3, -0.25) is 9.69 Å². The van der Waals surface area contributed by atoms with Crippen LogP contribution in [0.15, 0.2) is 24.3 Å². The van der Waals surface area contributed by atoms with Crippen LogP contribution in [0.2, 0.25) is 0 Å². The van der Waals surface area contributed by atoms with Crippen LogP contribution in [0, 0.1) is 5.92 Å². The predicted molar refractivity (Wildman–Crippen MR) is 85.7 cm³/mol. The van der Waals surface area contributed by atoms with Gasteiger partial charge in [-0.05, 0) is 50.8 Å². The Morgan fingerprint density at radius 2 is 2.10 bits per heavy atom. The van der Waals surface area contributed by atoms with E-state index in [4.69, 9.17) is 4.74 Å². The number of rotatable bonds is 9. The van der Waals surface area contributed by atoms with Crippen LogP contribution in [-0.4, -0.2) is 37.0 Å². The van der Waals surface area contributed by atoms with E-state index in [1.54, 1.807) is 0 Å². The maximum atomic E-state index is 12.2. The second-order valence-corrected chi connectivity index (χ2v) is 5.66. The van der Waals surface area contributed by atoms with Crippen LogP contribution in [0.5, 0.6) is 5.75 Å². The third-order valence-corrected chi connectivity index (χ3v) is 3.58. The number of nitrogens with one attached hydrogen (secondary N) is 1. The van der Waals surface area contributed by atoms with Gasteiger partial charge in [0.1, 0.15) is 5.75 Å². The Morgan fingerprint density at radius 3 is 2.76 bits per heavy atom. The van der Waals surface area contributed by atoms with Crippen molar-refractivity contribution in [2.75, 3.05) is 31.6 Å². The van der Waals surface area contributed by atoms with Crippen molar-refractivity contribution in [1.82, 2.24) is 4.90 Å². The molecule has 1 saturated carbocycles. The van der Waals surface area contributed by atoms with Crippen molar-refractivity contribution >= 4 is 11.6 Å². The summed E-state index contributed by atoms with van der Waals surface area (Å²) in [5.41, 5.74) is 0.757. The summed E-state index contributed by atoms with van der Waals surface area (Å²) < 4.78 is 5.54. The van der Waals surface area contributed by atoms with Gasteiger partial charge in [0.05, 0.1) is 18.8 Å². The standard InChI is InChI=1S/C17H26N2O2/c1-3-11-19(12-14-9-10-14)13-17(20)18-15-7-5-6-8-16(15)21-4-2/h5-8,14H,3-4,9-13H2,1-2H3,(H,18,20). The zero-order chi connectivity index (χ0) is 15.1. The summed E-state index contributed by atoms with van der Waals surface area (Å²) in [6.07, 6.45) is 3.71. The maximum Gasteiger partial charge on any atom is 0.238 e. The number of nitrogens with zero attached hydrogens (tertiary/aromatic N) is 1. The van der Waals surface area contributed by atoms with Crippen LogP contribution in [0.25, 0.3) is 0 Å². The fourth-order valence-electron chi connectivity index (χ4n) is 2.46. The number of amides is 1. The van der Waals surface area contributed by atoms with E-state index in [0.29, 0.717) is 13.2 Å². The molecule has 1 fully saturated rings. The lowest BCUT2D eigenvalue weighted by Crippen LogP contribution is -2.35. The minimum Gasteiger partial charge on any atom is -0.492 e. The molecule has 1 aromatic carbocycles. The molecule has 116 valence electrons. The van der Waals surface area contributed by atoms with Crippen molar-refractivity contribution in [3.63, 3.8) is 0 Å². The van der Waals surface area contributed by atoms with Gasteiger partial charge in [-0.15, -0.1) is 0 Å². The lowest BCUT2D eigenvalue weighted by molar-refractivity contribution is -0.117. The molecular formula is C17H26N2O2. The van der Waals surface area contributed by atoms with Crippen LogP contribution in [0.3, 0.4) is 0 Å². The van der Waals surface area contributed by atoms with Crippen molar-refractivity contribution < 1.29 is 9.53 Å². The van der Waals surface area contributed by atoms with E-state index in [2.05, 4.69) is 17.1 Å². The Balaban J connectivity index is 1.90. The van der Waals surface area contributed by atoms with E-state index >= 15 is 0 Å². The minimum atomic E-state index is 0.0382. The first-order valence-corrected chi connectivity index (χ1v) is 7.97. The van der Waals surface area contributed by atoms with Crippen molar-refractivity contribution in [2.45, 2.75) is 33.1 Å². The number of carbonyl (C=O) groups is 1. The van der Waals surface area contributed by atoms with E-state index in [1.807, 2.05) is 31.2 Å². The lowest BCUT2D eigenvalue weighted by atomic mass is 10.2. The summed E-state index contributed by atoms with van der Waals surface area (Å²) in [7, 11) is 0. The highest BCUT2D eigenvalue weighted by atomic mass is 16.5. The van der Waals surface area contributed by atoms with Gasteiger partial charge >= 0.3 is 0 Å². The van der Waals surface area contributed by atoms with Crippen molar-refractivity contribution in [3.8, 4) is 5.75 Å². The molecule has 0 aromatic heterocycles. The van der Waals surface area contributed by atoms with Gasteiger partial charge in [-0.1, -0.05) is 19.1 Å². The smallest absolute Gasteiger partial charge is 0.238 e. The molecule has 21 heavy (non-hydrogen) atoms. The van der Waals surface area contributed by atoms with Gasteiger partial charge in [0.2, 0.25) is 5.91 Å². The minimum absolute atomic E-state index is 0.0382. The van der Waals surface area contributed by atoms with E-state index in [-0.39, 0.29) is 5.91 Å². The molecule has 1 aromatic rings. The van der Waals surface area contributed by atoms with E-state index in [0.717, 1.165) is 36.9 Å². The topological polar surface area (TPSA) is 41.6 Å². The molecule has 0 atom stereocenters. The van der Waals surface area contributed by atoms with Crippen LogP contribution in [0.4, 0.5) is 5.69 Å². The SMILES string of the molecule is CCCN(CC(=O)Nc1ccccc1OCC)CC1CC1. The molecule has 1 amide bonds. The number of para-hydroxylation sites is 2. The number of hydrogen-bond donors (Lipinski definition) is 1. The molecule has 0 aliphatic heterocycles. The summed E-state index contributed by atoms with van der Waals surface area (Å²) in [5, 5.41) is 2.97. The Bertz CT molecular complexity index is 458. The third-order valence-electron chi connectivity index (χ3n) is 3.58. The van der Waals surface area contributed by atoms with Crippen LogP contribution >= 0.6 is 0 Å². The fraction of sp³-hybridized carbons (Fsp3) is 0.588. The molecular weight excluding hydrogens is 264 g/mol. The molecule has 1 aliphatic carbocycles. The average molecular weight is 290 g/mol. The summed E-state index contributed by atoms with van der Waals surface area (Å²) in [4.78, 5) is 14.5. The molecule has 0 heterocycles. The molecule has 0 saturated heterocycles. The first kappa shape index (κ1) is 15.8. The van der Waals surface area contributed by atoms with Gasteiger partial charge in [0.15, 0.2) is 0 Å². The van der Waals surface area contributed by atoms with Crippen LogP contribution in [-0.2, 0) is 4.79 Å². The summed E-state index contributed by atoms with van der Waals surface area (Å²) in [6.45, 7) is 7.19. The highest BCUT2D eigenvalue weighted by Gasteiger charge is 2.25. The van der Waals surface area contributed by atoms with Crippen LogP contribution < -0.4 is 10.1 Å². The van der Waals surface area contributed by atoms with Gasteiger partial charge < -0.3 is 10.1 Å². The zero-order valence-corrected chi connectivity index (χ0v) is 13.1. The number of ether oxygens (including phenoxy) is 1. The van der Waals surface area contributed by atoms with E-state index in [9.17, 15) is 4.79 Å². The molecule has 1 aliphatic rings. The van der Waals surface area contributed by atoms with Gasteiger partial charge in [-0.25, -0.2) is 0 Å². The Morgan fingerprint density at radius 1 is 1.33 bits per heavy atom. The largest absolute Gasteiger partial charge is 0.492 e. The number of anilines is 1. The first-order chi connectivity index (χ1) is 10.2. The Labute approximate surface area is 127 Å². The van der Waals surface area contributed by atoms with E-state index < -0.39 is 0 Å². The zero-order valence-electron chi connectivity index (χ0n) is 13.1. The van der Waals surface area contributed by atoms with Gasteiger partial charge in [0.25, 0.3) is 0 Å². The molecule has 0 spiro atoms. The van der Waals surface area contributed by atoms with Gasteiger partial charge in [0, 0.05) is 6.54 Å². The van der Waals surface area contributed by atoms with Gasteiger partial charge in [-0.2, -0.15) is 0 Å². The quantitative estimate of drug-likeness (QED) is 0.759. The predicted octanol–water partition coefficient (Wildman–Crippen LogP) is 3.15. The van der Waals surface area contributed by atoms with Crippen LogP contribution in [0.1, 0.15) is 33.1 Å². The Kier molecular flexibility index (Phi) is 6.05. The van der Waals surface area contributed by atoms with Crippen molar-refractivity contribution in [2.24, 2.45) is 5.92 Å². The first-order valence-electron chi connectivity index (χ1n) is 7.97. The summed E-state index contributed by atoms with van der Waals surface area (Å²) in [6, 6.07) is 7.59. The van der Waals surface area contributed by atoms with Crippen molar-refractivity contribution in [3.05, 3.63) is 24.3 Å². The fourth-order valence-corrected chi connectivity index (χ4v) is 2.46. The second-order valence-electron chi connectivity index (χ2n) is 5.66. The molecule has 4 heteroatoms. The van der Waals surface area contributed by atoms with Crippen molar-refractivity contribution in [1.29, 1.82) is 0 Å². The summed E-state index contributed by atoms with van der Waals surface area (Å²) in [5.74, 6) is 1.58. The highest BCUT2D eigenvalue weighted by molar-refractivity contribution is 5.93. The Hall–Kier alpha value is -1.55. The number of carbonyl (C=O) groups excluding carboxylic acids is 1. The highest BCUT2D eigenvalue weighted by Crippen LogP contribution is 2.29. The molecule has 0 radical (unpaired) electrons. The molecule has 2 rings (SSSR count). The monoisotopic (exact) mass is 290 g/mol. The molecule has 4 nitrogen and oxygen atoms in total. The molecule has 0 unspecified atom stereocenters. The number of hydrogen-bond acceptors (Lipinski definition) is 3.